The van der Waals surface area contributed by atoms with Gasteiger partial charge in [-0.25, -0.2) is 4.98 Å². The summed E-state index contributed by atoms with van der Waals surface area (Å²) in [5.74, 6) is 1.43. The van der Waals surface area contributed by atoms with E-state index in [1.165, 1.54) is 5.56 Å². The summed E-state index contributed by atoms with van der Waals surface area (Å²) >= 11 is 0. The third-order valence-electron chi connectivity index (χ3n) is 6.57. The lowest BCUT2D eigenvalue weighted by molar-refractivity contribution is -0.125. The molecule has 1 fully saturated rings. The van der Waals surface area contributed by atoms with Crippen LogP contribution in [0.2, 0.25) is 0 Å². The lowest BCUT2D eigenvalue weighted by Crippen LogP contribution is -2.43. The van der Waals surface area contributed by atoms with E-state index in [2.05, 4.69) is 76.0 Å². The maximum absolute atomic E-state index is 12.9. The molecule has 1 aliphatic heterocycles. The molecule has 0 aliphatic carbocycles. The highest BCUT2D eigenvalue weighted by Gasteiger charge is 2.26. The number of benzene rings is 3. The highest BCUT2D eigenvalue weighted by atomic mass is 16.1. The Kier molecular flexibility index (Phi) is 7.22. The number of hydrogen-bond acceptors (Lipinski definition) is 5. The van der Waals surface area contributed by atoms with Crippen LogP contribution in [-0.4, -0.2) is 29.0 Å². The highest BCUT2D eigenvalue weighted by molar-refractivity contribution is 5.79. The zero-order chi connectivity index (χ0) is 24.7. The molecule has 6 heteroatoms. The van der Waals surface area contributed by atoms with Gasteiger partial charge in [0.25, 0.3) is 0 Å². The topological polar surface area (TPSA) is 70.2 Å². The van der Waals surface area contributed by atoms with Crippen molar-refractivity contribution in [1.29, 1.82) is 0 Å². The minimum atomic E-state index is -0.0573. The van der Waals surface area contributed by atoms with E-state index in [0.29, 0.717) is 19.0 Å². The summed E-state index contributed by atoms with van der Waals surface area (Å²) in [6, 6.07) is 28.7. The van der Waals surface area contributed by atoms with Crippen LogP contribution in [0.25, 0.3) is 11.1 Å². The number of amides is 1. The maximum atomic E-state index is 12.9. The molecule has 3 aromatic carbocycles. The number of carbonyl (C=O) groups excluding carboxylic acids is 1. The predicted octanol–water partition coefficient (Wildman–Crippen LogP) is 5.73. The van der Waals surface area contributed by atoms with E-state index >= 15 is 0 Å². The Bertz CT molecular complexity index is 1310. The standard InChI is InChI=1S/C30H31N5O/c1-22-12-14-23(15-13-22)20-32-29(36)26-10-6-18-35(21-26)28-16-17-31-30(34-28)33-27-11-5-9-25(19-27)24-7-3-2-4-8-24/h2-5,7-9,11-17,19,26H,6,10,18,20-21H2,1H3,(H,32,36)(H,31,33,34)/t26-/m0/s1. The van der Waals surface area contributed by atoms with E-state index in [9.17, 15) is 4.79 Å². The second kappa shape index (κ2) is 11.0. The molecule has 1 atom stereocenters. The second-order valence-corrected chi connectivity index (χ2v) is 9.30. The summed E-state index contributed by atoms with van der Waals surface area (Å²) in [5.41, 5.74) is 5.56. The smallest absolute Gasteiger partial charge is 0.229 e. The Morgan fingerprint density at radius 3 is 2.61 bits per heavy atom. The molecule has 1 aromatic heterocycles. The van der Waals surface area contributed by atoms with Gasteiger partial charge in [-0.05, 0) is 54.7 Å². The number of hydrogen-bond donors (Lipinski definition) is 2. The lowest BCUT2D eigenvalue weighted by atomic mass is 9.97. The van der Waals surface area contributed by atoms with E-state index in [-0.39, 0.29) is 11.8 Å². The van der Waals surface area contributed by atoms with Gasteiger partial charge in [0, 0.05) is 31.5 Å². The minimum Gasteiger partial charge on any atom is -0.356 e. The fraction of sp³-hybridized carbons (Fsp3) is 0.233. The molecule has 2 N–H and O–H groups in total. The van der Waals surface area contributed by atoms with Gasteiger partial charge in [-0.1, -0.05) is 72.3 Å². The quantitative estimate of drug-likeness (QED) is 0.356. The van der Waals surface area contributed by atoms with Gasteiger partial charge < -0.3 is 15.5 Å². The molecule has 0 spiro atoms. The Morgan fingerprint density at radius 1 is 0.972 bits per heavy atom. The molecule has 0 bridgehead atoms. The first-order valence-corrected chi connectivity index (χ1v) is 12.5. The maximum Gasteiger partial charge on any atom is 0.229 e. The Hall–Kier alpha value is -4.19. The Morgan fingerprint density at radius 2 is 1.78 bits per heavy atom. The van der Waals surface area contributed by atoms with Crippen LogP contribution in [0.15, 0.2) is 91.1 Å². The van der Waals surface area contributed by atoms with Crippen LogP contribution in [0.5, 0.6) is 0 Å². The summed E-state index contributed by atoms with van der Waals surface area (Å²) in [5, 5.41) is 6.45. The molecule has 1 amide bonds. The fourth-order valence-corrected chi connectivity index (χ4v) is 4.56. The first-order valence-electron chi connectivity index (χ1n) is 12.5. The van der Waals surface area contributed by atoms with E-state index in [0.717, 1.165) is 47.6 Å². The summed E-state index contributed by atoms with van der Waals surface area (Å²) in [4.78, 5) is 24.3. The first-order chi connectivity index (χ1) is 17.6. The molecule has 0 saturated carbocycles. The van der Waals surface area contributed by atoms with Crippen molar-refractivity contribution in [3.8, 4) is 11.1 Å². The number of anilines is 3. The third-order valence-corrected chi connectivity index (χ3v) is 6.57. The van der Waals surface area contributed by atoms with Crippen molar-refractivity contribution in [3.05, 3.63) is 102 Å². The van der Waals surface area contributed by atoms with Gasteiger partial charge in [-0.15, -0.1) is 0 Å². The average molecular weight is 478 g/mol. The fourth-order valence-electron chi connectivity index (χ4n) is 4.56. The molecule has 0 radical (unpaired) electrons. The summed E-state index contributed by atoms with van der Waals surface area (Å²) in [7, 11) is 0. The van der Waals surface area contributed by atoms with Crippen LogP contribution in [0.4, 0.5) is 17.5 Å². The van der Waals surface area contributed by atoms with Crippen LogP contribution >= 0.6 is 0 Å². The number of carbonyl (C=O) groups is 1. The number of aryl methyl sites for hydroxylation is 1. The normalized spacial score (nSPS) is 15.4. The van der Waals surface area contributed by atoms with E-state index in [1.807, 2.05) is 36.4 Å². The molecule has 182 valence electrons. The molecule has 1 saturated heterocycles. The molecule has 2 heterocycles. The first kappa shape index (κ1) is 23.5. The van der Waals surface area contributed by atoms with Crippen LogP contribution in [0, 0.1) is 12.8 Å². The number of nitrogens with zero attached hydrogens (tertiary/aromatic N) is 3. The van der Waals surface area contributed by atoms with Crippen molar-refractivity contribution in [1.82, 2.24) is 15.3 Å². The second-order valence-electron chi connectivity index (χ2n) is 9.30. The SMILES string of the molecule is Cc1ccc(CNC(=O)[C@H]2CCCN(c3ccnc(Nc4cccc(-c5ccccc5)c4)n3)C2)cc1. The largest absolute Gasteiger partial charge is 0.356 e. The molecule has 4 aromatic rings. The Balaban J connectivity index is 1.22. The summed E-state index contributed by atoms with van der Waals surface area (Å²) < 4.78 is 0. The lowest BCUT2D eigenvalue weighted by Gasteiger charge is -2.33. The van der Waals surface area contributed by atoms with Crippen LogP contribution in [0.1, 0.15) is 24.0 Å². The summed E-state index contributed by atoms with van der Waals surface area (Å²) in [6.45, 7) is 4.15. The van der Waals surface area contributed by atoms with E-state index in [1.54, 1.807) is 6.20 Å². The minimum absolute atomic E-state index is 0.0573. The number of piperidine rings is 1. The van der Waals surface area contributed by atoms with Gasteiger partial charge in [0.15, 0.2) is 0 Å². The van der Waals surface area contributed by atoms with Gasteiger partial charge in [-0.2, -0.15) is 4.98 Å². The zero-order valence-electron chi connectivity index (χ0n) is 20.5. The van der Waals surface area contributed by atoms with E-state index in [4.69, 9.17) is 4.98 Å². The predicted molar refractivity (Wildman–Crippen MR) is 145 cm³/mol. The van der Waals surface area contributed by atoms with Crippen molar-refractivity contribution >= 4 is 23.4 Å². The van der Waals surface area contributed by atoms with Gasteiger partial charge in [-0.3, -0.25) is 4.79 Å². The van der Waals surface area contributed by atoms with Gasteiger partial charge in [0.1, 0.15) is 5.82 Å². The van der Waals surface area contributed by atoms with Crippen molar-refractivity contribution in [2.75, 3.05) is 23.3 Å². The van der Waals surface area contributed by atoms with Crippen molar-refractivity contribution in [3.63, 3.8) is 0 Å². The summed E-state index contributed by atoms with van der Waals surface area (Å²) in [6.07, 6.45) is 3.61. The molecular weight excluding hydrogens is 446 g/mol. The van der Waals surface area contributed by atoms with Crippen molar-refractivity contribution in [2.45, 2.75) is 26.3 Å². The van der Waals surface area contributed by atoms with Crippen molar-refractivity contribution in [2.24, 2.45) is 5.92 Å². The van der Waals surface area contributed by atoms with Gasteiger partial charge in [0.2, 0.25) is 11.9 Å². The van der Waals surface area contributed by atoms with E-state index < -0.39 is 0 Å². The number of nitrogens with one attached hydrogen (secondary N) is 2. The van der Waals surface area contributed by atoms with Crippen LogP contribution < -0.4 is 15.5 Å². The molecule has 36 heavy (non-hydrogen) atoms. The van der Waals surface area contributed by atoms with Gasteiger partial charge in [0.05, 0.1) is 5.92 Å². The number of aromatic nitrogens is 2. The molecule has 5 rings (SSSR count). The van der Waals surface area contributed by atoms with Gasteiger partial charge >= 0.3 is 0 Å². The molecule has 0 unspecified atom stereocenters. The Labute approximate surface area is 212 Å². The number of rotatable bonds is 7. The molecule has 6 nitrogen and oxygen atoms in total. The van der Waals surface area contributed by atoms with Crippen LogP contribution in [-0.2, 0) is 11.3 Å². The highest BCUT2D eigenvalue weighted by Crippen LogP contribution is 2.26. The monoisotopic (exact) mass is 477 g/mol. The third kappa shape index (κ3) is 5.89. The molecular formula is C30H31N5O. The zero-order valence-corrected chi connectivity index (χ0v) is 20.5. The van der Waals surface area contributed by atoms with Crippen LogP contribution in [0.3, 0.4) is 0 Å². The molecule has 1 aliphatic rings. The average Bonchev–Trinajstić information content (AvgIpc) is 2.93. The van der Waals surface area contributed by atoms with Crippen molar-refractivity contribution < 1.29 is 4.79 Å².